The Hall–Kier alpha value is -4.55. The zero-order valence-electron chi connectivity index (χ0n) is 38.2. The monoisotopic (exact) mass is 1050 g/mol. The van der Waals surface area contributed by atoms with Crippen LogP contribution in [0.2, 0.25) is 0 Å². The largest absolute Gasteiger partial charge is 0.492 e. The summed E-state index contributed by atoms with van der Waals surface area (Å²) in [6, 6.07) is 26.2. The zero-order chi connectivity index (χ0) is 47.6. The average molecular weight is 1050 g/mol. The van der Waals surface area contributed by atoms with E-state index in [1.165, 1.54) is 48.2 Å². The number of carbonyl (C=O) groups is 2. The molecule has 1 heterocycles. The molecule has 1 atom stereocenters. The SMILES string of the molecule is C.CCSC(N)=NC(=S)Nc1ccc(OCC(C)(C)N(C)C)cc1.CN(C)C(C)(C)COc1ccc(Nc2nc(N)c(C(=O)c3cccc(F)c3)s2)cc1.O=C(CBr)c1cccc(F)c1.P. The molecule has 0 aliphatic heterocycles. The van der Waals surface area contributed by atoms with E-state index in [9.17, 15) is 18.4 Å². The molecule has 12 nitrogen and oxygen atoms in total. The number of anilines is 4. The third-order valence-corrected chi connectivity index (χ3v) is 11.9. The number of thioether (sulfide) groups is 1. The fourth-order valence-electron chi connectivity index (χ4n) is 4.65. The standard InChI is InChI=1S/C22H25FN4O2S.C16H26N4OS2.C8H6BrFO.CH4.H3P/c1-22(2,27(3)4)13-29-17-10-8-16(9-11-17)25-21-26-20(24)19(30-21)18(28)14-6-5-7-15(23)12-14;1-6-23-14(17)19-15(22)18-12-7-9-13(10-8-12)21-11-16(2,3)20(4)5;9-5-8(11)6-2-1-3-7(10)4-6;;/h5-12H,13,24H2,1-4H3,(H,25,26);7-10H,6,11H2,1-5H3,(H3,17,18,19,22);1-4H,5H2;1H4;1H3. The molecule has 0 spiro atoms. The Balaban J connectivity index is 0.000000536. The topological polar surface area (TPSA) is 160 Å². The summed E-state index contributed by atoms with van der Waals surface area (Å²) >= 11 is 10.8. The van der Waals surface area contributed by atoms with Crippen molar-refractivity contribution < 1.29 is 27.8 Å². The number of halogens is 3. The molecule has 4 aromatic carbocycles. The minimum Gasteiger partial charge on any atom is -0.492 e. The van der Waals surface area contributed by atoms with Crippen LogP contribution < -0.4 is 31.6 Å². The molecule has 0 fully saturated rings. The molecular weight excluding hydrogens is 986 g/mol. The van der Waals surface area contributed by atoms with Crippen molar-refractivity contribution in [2.45, 2.75) is 53.1 Å². The van der Waals surface area contributed by atoms with E-state index in [-0.39, 0.29) is 67.4 Å². The molecule has 5 aromatic rings. The first-order valence-corrected chi connectivity index (χ1v) is 23.2. The molecular formula is C47H64BrF2N8O4PS3. The highest BCUT2D eigenvalue weighted by atomic mass is 79.9. The second-order valence-corrected chi connectivity index (χ2v) is 18.8. The lowest BCUT2D eigenvalue weighted by Crippen LogP contribution is -2.43. The molecule has 0 saturated heterocycles. The lowest BCUT2D eigenvalue weighted by Gasteiger charge is -2.32. The van der Waals surface area contributed by atoms with E-state index in [0.717, 1.165) is 40.0 Å². The average Bonchev–Trinajstić information content (AvgIpc) is 3.62. The van der Waals surface area contributed by atoms with Gasteiger partial charge in [0.15, 0.2) is 21.2 Å². The Kier molecular flexibility index (Phi) is 25.8. The van der Waals surface area contributed by atoms with E-state index in [1.807, 2.05) is 83.6 Å². The van der Waals surface area contributed by atoms with Crippen LogP contribution in [0.5, 0.6) is 11.5 Å². The Labute approximate surface area is 414 Å². The van der Waals surface area contributed by atoms with E-state index in [0.29, 0.717) is 34.2 Å². The number of likely N-dealkylation sites (N-methyl/N-ethyl adjacent to an activating group) is 2. The normalized spacial score (nSPS) is 11.2. The van der Waals surface area contributed by atoms with Crippen LogP contribution in [0.1, 0.15) is 67.6 Å². The van der Waals surface area contributed by atoms with Crippen LogP contribution >= 0.6 is 61.1 Å². The molecule has 5 rings (SSSR count). The van der Waals surface area contributed by atoms with Gasteiger partial charge in [0.05, 0.1) is 5.33 Å². The van der Waals surface area contributed by atoms with Gasteiger partial charge >= 0.3 is 0 Å². The molecule has 0 bridgehead atoms. The minimum absolute atomic E-state index is 0. The van der Waals surface area contributed by atoms with E-state index in [2.05, 4.69) is 74.0 Å². The van der Waals surface area contributed by atoms with Crippen LogP contribution in [0.15, 0.2) is 102 Å². The van der Waals surface area contributed by atoms with Gasteiger partial charge < -0.3 is 41.4 Å². The fraction of sp³-hybridized carbons (Fsp3) is 0.340. The Morgan fingerprint density at radius 3 is 1.76 bits per heavy atom. The minimum atomic E-state index is -0.474. The van der Waals surface area contributed by atoms with Gasteiger partial charge in [0.2, 0.25) is 5.78 Å². The number of carbonyl (C=O) groups excluding carboxylic acids is 2. The van der Waals surface area contributed by atoms with Crippen molar-refractivity contribution in [2.24, 2.45) is 10.7 Å². The van der Waals surface area contributed by atoms with Crippen molar-refractivity contribution >= 4 is 105 Å². The summed E-state index contributed by atoms with van der Waals surface area (Å²) in [5, 5.41) is 7.71. The zero-order valence-corrected chi connectivity index (χ0v) is 43.7. The maximum absolute atomic E-state index is 13.4. The predicted octanol–water partition coefficient (Wildman–Crippen LogP) is 10.8. The number of aliphatic imine (C=N–C) groups is 1. The van der Waals surface area contributed by atoms with Crippen molar-refractivity contribution in [1.29, 1.82) is 0 Å². The van der Waals surface area contributed by atoms with Crippen molar-refractivity contribution in [1.82, 2.24) is 14.8 Å². The van der Waals surface area contributed by atoms with Crippen LogP contribution in [0.4, 0.5) is 31.1 Å². The van der Waals surface area contributed by atoms with Gasteiger partial charge in [0, 0.05) is 33.6 Å². The number of hydrogen-bond acceptors (Lipinski definition) is 12. The summed E-state index contributed by atoms with van der Waals surface area (Å²) in [4.78, 5) is 36.4. The highest BCUT2D eigenvalue weighted by molar-refractivity contribution is 9.09. The number of Topliss-reactive ketones (excluding diaryl/α,β-unsaturated/α-hetero) is 1. The molecule has 19 heteroatoms. The van der Waals surface area contributed by atoms with Crippen LogP contribution in [0.3, 0.4) is 0 Å². The number of nitrogens with one attached hydrogen (secondary N) is 2. The summed E-state index contributed by atoms with van der Waals surface area (Å²) < 4.78 is 37.6. The van der Waals surface area contributed by atoms with E-state index < -0.39 is 5.82 Å². The number of nitrogens with two attached hydrogens (primary N) is 2. The Bertz CT molecular complexity index is 2330. The van der Waals surface area contributed by atoms with Crippen molar-refractivity contribution in [3.63, 3.8) is 0 Å². The van der Waals surface area contributed by atoms with Crippen LogP contribution in [-0.2, 0) is 0 Å². The number of ether oxygens (including phenoxy) is 2. The number of benzene rings is 4. The fourth-order valence-corrected chi connectivity index (χ4v) is 6.57. The maximum atomic E-state index is 13.4. The molecule has 0 aliphatic rings. The lowest BCUT2D eigenvalue weighted by molar-refractivity contribution is 0.102. The summed E-state index contributed by atoms with van der Waals surface area (Å²) in [6.45, 7) is 11.7. The molecule has 360 valence electrons. The smallest absolute Gasteiger partial charge is 0.206 e. The third-order valence-electron chi connectivity index (χ3n) is 9.53. The maximum Gasteiger partial charge on any atom is 0.206 e. The number of nitrogen functional groups attached to an aromatic ring is 1. The highest BCUT2D eigenvalue weighted by Gasteiger charge is 2.23. The second-order valence-electron chi connectivity index (χ2n) is 15.6. The van der Waals surface area contributed by atoms with E-state index in [4.69, 9.17) is 33.2 Å². The number of thiocarbonyl (C=S) groups is 1. The summed E-state index contributed by atoms with van der Waals surface area (Å²) in [5.74, 6) is 1.25. The van der Waals surface area contributed by atoms with Crippen LogP contribution in [0, 0.1) is 11.6 Å². The lowest BCUT2D eigenvalue weighted by atomic mass is 10.1. The molecule has 0 aliphatic carbocycles. The first-order chi connectivity index (χ1) is 30.1. The van der Waals surface area contributed by atoms with Gasteiger partial charge in [0.25, 0.3) is 0 Å². The number of ketones is 2. The summed E-state index contributed by atoms with van der Waals surface area (Å²) in [6.07, 6.45) is 0. The first kappa shape index (κ1) is 59.5. The van der Waals surface area contributed by atoms with Crippen molar-refractivity contribution in [3.05, 3.63) is 125 Å². The van der Waals surface area contributed by atoms with Gasteiger partial charge in [0.1, 0.15) is 47.0 Å². The molecule has 1 aromatic heterocycles. The van der Waals surface area contributed by atoms with Gasteiger partial charge in [-0.3, -0.25) is 9.59 Å². The van der Waals surface area contributed by atoms with Crippen LogP contribution in [0.25, 0.3) is 0 Å². The Morgan fingerprint density at radius 1 is 0.833 bits per heavy atom. The second kappa shape index (κ2) is 28.6. The predicted molar refractivity (Wildman–Crippen MR) is 287 cm³/mol. The van der Waals surface area contributed by atoms with E-state index >= 15 is 0 Å². The molecule has 0 amide bonds. The molecule has 66 heavy (non-hydrogen) atoms. The van der Waals surface area contributed by atoms with Gasteiger partial charge in [-0.25, -0.2) is 13.8 Å². The van der Waals surface area contributed by atoms with Crippen molar-refractivity contribution in [2.75, 3.05) is 68.9 Å². The number of alkyl halides is 1. The number of hydrogen-bond donors (Lipinski definition) is 4. The van der Waals surface area contributed by atoms with Gasteiger partial charge in [-0.2, -0.15) is 14.9 Å². The highest BCUT2D eigenvalue weighted by Crippen LogP contribution is 2.31. The number of amidine groups is 1. The molecule has 0 saturated carbocycles. The number of nitrogens with zero attached hydrogens (tertiary/aromatic N) is 4. The first-order valence-electron chi connectivity index (χ1n) is 19.9. The molecule has 1 unspecified atom stereocenters. The molecule has 0 radical (unpaired) electrons. The van der Waals surface area contributed by atoms with Gasteiger partial charge in [-0.05, 0) is 147 Å². The van der Waals surface area contributed by atoms with Gasteiger partial charge in [-0.15, -0.1) is 0 Å². The van der Waals surface area contributed by atoms with Gasteiger partial charge in [-0.1, -0.05) is 77.6 Å². The third kappa shape index (κ3) is 20.1. The quantitative estimate of drug-likeness (QED) is 0.0185. The van der Waals surface area contributed by atoms with Crippen LogP contribution in [-0.4, -0.2) is 100 Å². The molecule has 6 N–H and O–H groups in total. The number of thiazole rings is 1. The van der Waals surface area contributed by atoms with E-state index in [1.54, 1.807) is 12.1 Å². The Morgan fingerprint density at radius 2 is 1.30 bits per heavy atom. The van der Waals surface area contributed by atoms with Crippen molar-refractivity contribution in [3.8, 4) is 11.5 Å². The number of rotatable bonds is 16. The number of aromatic nitrogens is 1. The summed E-state index contributed by atoms with van der Waals surface area (Å²) in [5.41, 5.74) is 13.8. The summed E-state index contributed by atoms with van der Waals surface area (Å²) in [7, 11) is 8.12.